The molecule has 47 heavy (non-hydrogen) atoms. The Labute approximate surface area is 276 Å². The van der Waals surface area contributed by atoms with Crippen LogP contribution in [0.5, 0.6) is 0 Å². The van der Waals surface area contributed by atoms with E-state index in [1.54, 1.807) is 6.92 Å². The Kier molecular flexibility index (Phi) is 12.7. The lowest BCUT2D eigenvalue weighted by molar-refractivity contribution is -0.279. The topological polar surface area (TPSA) is 89.5 Å². The molecule has 0 spiro atoms. The van der Waals surface area contributed by atoms with Gasteiger partial charge in [-0.3, -0.25) is 9.59 Å². The minimum Gasteiger partial charge on any atom is -0.463 e. The third-order valence-corrected chi connectivity index (χ3v) is 8.06. The highest BCUT2D eigenvalue weighted by molar-refractivity contribution is 5.73. The van der Waals surface area contributed by atoms with Gasteiger partial charge in [-0.25, -0.2) is 0 Å². The molecule has 0 radical (unpaired) electrons. The summed E-state index contributed by atoms with van der Waals surface area (Å²) in [5.41, 5.74) is 3.75. The maximum absolute atomic E-state index is 13.6. The average molecular weight is 639 g/mol. The highest BCUT2D eigenvalue weighted by atomic mass is 16.6. The molecular weight excluding hydrogens is 596 g/mol. The van der Waals surface area contributed by atoms with E-state index in [-0.39, 0.29) is 33.0 Å². The van der Waals surface area contributed by atoms with Crippen LogP contribution in [0, 0.1) is 5.92 Å². The zero-order chi connectivity index (χ0) is 32.8. The minimum atomic E-state index is -0.806. The van der Waals surface area contributed by atoms with Crippen molar-refractivity contribution in [2.24, 2.45) is 5.92 Å². The van der Waals surface area contributed by atoms with Crippen molar-refractivity contribution in [2.75, 3.05) is 6.61 Å². The van der Waals surface area contributed by atoms with Gasteiger partial charge in [0.05, 0.1) is 25.7 Å². The van der Waals surface area contributed by atoms with Crippen molar-refractivity contribution in [1.29, 1.82) is 0 Å². The Balaban J connectivity index is 1.46. The molecule has 8 heteroatoms. The third-order valence-electron chi connectivity index (χ3n) is 8.06. The van der Waals surface area contributed by atoms with Crippen molar-refractivity contribution in [3.05, 3.63) is 144 Å². The summed E-state index contributed by atoms with van der Waals surface area (Å²) in [5.74, 6) is -1.65. The highest BCUT2D eigenvalue weighted by Crippen LogP contribution is 2.34. The van der Waals surface area contributed by atoms with Crippen LogP contribution in [0.1, 0.15) is 36.1 Å². The normalized spacial score (nSPS) is 21.4. The van der Waals surface area contributed by atoms with Crippen LogP contribution in [-0.2, 0) is 64.4 Å². The molecule has 246 valence electrons. The Bertz CT molecular complexity index is 1500. The zero-order valence-electron chi connectivity index (χ0n) is 26.8. The van der Waals surface area contributed by atoms with Gasteiger partial charge in [-0.15, -0.1) is 0 Å². The molecular formula is C39H42O8. The second-order valence-corrected chi connectivity index (χ2v) is 11.6. The van der Waals surface area contributed by atoms with Gasteiger partial charge in [0.15, 0.2) is 0 Å². The van der Waals surface area contributed by atoms with Crippen molar-refractivity contribution < 1.29 is 38.0 Å². The van der Waals surface area contributed by atoms with Crippen molar-refractivity contribution >= 4 is 11.9 Å². The number of ether oxygens (including phenoxy) is 6. The maximum Gasteiger partial charge on any atom is 0.311 e. The fraction of sp³-hybridized carbons (Fsp3) is 0.333. The molecule has 4 aromatic rings. The van der Waals surface area contributed by atoms with Gasteiger partial charge in [0.1, 0.15) is 43.7 Å². The van der Waals surface area contributed by atoms with Crippen LogP contribution < -0.4 is 0 Å². The smallest absolute Gasteiger partial charge is 0.311 e. The van der Waals surface area contributed by atoms with Crippen LogP contribution in [0.15, 0.2) is 121 Å². The average Bonchev–Trinajstić information content (AvgIpc) is 3.11. The molecule has 0 saturated carbocycles. The van der Waals surface area contributed by atoms with E-state index in [0.29, 0.717) is 0 Å². The fourth-order valence-corrected chi connectivity index (χ4v) is 5.55. The second-order valence-electron chi connectivity index (χ2n) is 11.6. The molecule has 0 aliphatic carbocycles. The number of hydrogen-bond donors (Lipinski definition) is 0. The first-order valence-electron chi connectivity index (χ1n) is 15.9. The number of benzene rings is 4. The van der Waals surface area contributed by atoms with Crippen LogP contribution in [0.25, 0.3) is 0 Å². The molecule has 6 atom stereocenters. The molecule has 0 amide bonds. The summed E-state index contributed by atoms with van der Waals surface area (Å²) in [6.07, 6.45) is -3.71. The van der Waals surface area contributed by atoms with E-state index in [1.165, 1.54) is 6.92 Å². The van der Waals surface area contributed by atoms with Crippen LogP contribution in [0.4, 0.5) is 0 Å². The van der Waals surface area contributed by atoms with Crippen LogP contribution in [0.3, 0.4) is 0 Å². The SMILES string of the molecule is CC(=O)OC[C@H]1OC([C@H](C)C(=O)OCc2ccccc2)[C@H](OCc2ccccc2)[C@@H](OCc2ccccc2)[C@@H]1OCc1ccccc1. The van der Waals surface area contributed by atoms with Crippen molar-refractivity contribution in [3.8, 4) is 0 Å². The Morgan fingerprint density at radius 2 is 0.979 bits per heavy atom. The number of esters is 2. The lowest BCUT2D eigenvalue weighted by Gasteiger charge is -2.47. The van der Waals surface area contributed by atoms with Gasteiger partial charge in [-0.2, -0.15) is 0 Å². The highest BCUT2D eigenvalue weighted by Gasteiger charge is 2.51. The summed E-state index contributed by atoms with van der Waals surface area (Å²) >= 11 is 0. The molecule has 1 aliphatic heterocycles. The van der Waals surface area contributed by atoms with Crippen LogP contribution in [-0.4, -0.2) is 49.1 Å². The third kappa shape index (κ3) is 10.1. The van der Waals surface area contributed by atoms with Gasteiger partial charge in [0, 0.05) is 6.92 Å². The van der Waals surface area contributed by atoms with E-state index in [2.05, 4.69) is 0 Å². The van der Waals surface area contributed by atoms with Crippen molar-refractivity contribution in [1.82, 2.24) is 0 Å². The molecule has 0 N–H and O–H groups in total. The molecule has 0 aromatic heterocycles. The zero-order valence-corrected chi connectivity index (χ0v) is 26.8. The second kappa shape index (κ2) is 17.5. The summed E-state index contributed by atoms with van der Waals surface area (Å²) in [6, 6.07) is 38.9. The van der Waals surface area contributed by atoms with Crippen LogP contribution in [0.2, 0.25) is 0 Å². The van der Waals surface area contributed by atoms with Crippen molar-refractivity contribution in [2.45, 2.75) is 70.8 Å². The number of hydrogen-bond acceptors (Lipinski definition) is 8. The fourth-order valence-electron chi connectivity index (χ4n) is 5.55. The minimum absolute atomic E-state index is 0.0896. The van der Waals surface area contributed by atoms with E-state index in [9.17, 15) is 9.59 Å². The molecule has 1 fully saturated rings. The first-order chi connectivity index (χ1) is 23.0. The molecule has 1 heterocycles. The Hall–Kier alpha value is -4.34. The monoisotopic (exact) mass is 638 g/mol. The molecule has 1 saturated heterocycles. The predicted molar refractivity (Wildman–Crippen MR) is 176 cm³/mol. The van der Waals surface area contributed by atoms with E-state index in [0.717, 1.165) is 22.3 Å². The number of carbonyl (C=O) groups is 2. The van der Waals surface area contributed by atoms with Crippen LogP contribution >= 0.6 is 0 Å². The van der Waals surface area contributed by atoms with Gasteiger partial charge in [0.25, 0.3) is 0 Å². The summed E-state index contributed by atoms with van der Waals surface area (Å²) in [4.78, 5) is 25.6. The van der Waals surface area contributed by atoms with Gasteiger partial charge >= 0.3 is 11.9 Å². The maximum atomic E-state index is 13.6. The predicted octanol–water partition coefficient (Wildman–Crippen LogP) is 6.45. The standard InChI is InChI=1S/C39H42O8/c1-28(39(41)46-26-33-21-13-6-14-22-33)35-37(44-24-31-17-9-4-10-18-31)38(45-25-32-19-11-5-12-20-32)36(34(47-35)27-42-29(2)40)43-23-30-15-7-3-8-16-30/h3-22,28,34-38H,23-27H2,1-2H3/t28-,34+,35?,36+,37-,38-/m0/s1. The Morgan fingerprint density at radius 1 is 0.574 bits per heavy atom. The van der Waals surface area contributed by atoms with Crippen molar-refractivity contribution in [3.63, 3.8) is 0 Å². The summed E-state index contributed by atoms with van der Waals surface area (Å²) in [7, 11) is 0. The van der Waals surface area contributed by atoms with E-state index >= 15 is 0 Å². The largest absolute Gasteiger partial charge is 0.463 e. The molecule has 1 unspecified atom stereocenters. The van der Waals surface area contributed by atoms with Gasteiger partial charge in [-0.1, -0.05) is 121 Å². The van der Waals surface area contributed by atoms with E-state index in [4.69, 9.17) is 28.4 Å². The Morgan fingerprint density at radius 3 is 1.43 bits per heavy atom. The molecule has 1 aliphatic rings. The lowest BCUT2D eigenvalue weighted by atomic mass is 9.88. The molecule has 5 rings (SSSR count). The first kappa shape index (κ1) is 34.0. The molecule has 0 bridgehead atoms. The molecule has 4 aromatic carbocycles. The van der Waals surface area contributed by atoms with E-state index in [1.807, 2.05) is 121 Å². The van der Waals surface area contributed by atoms with Gasteiger partial charge in [-0.05, 0) is 29.2 Å². The number of carbonyl (C=O) groups excluding carboxylic acids is 2. The first-order valence-corrected chi connectivity index (χ1v) is 15.9. The van der Waals surface area contributed by atoms with Gasteiger partial charge in [0.2, 0.25) is 0 Å². The van der Waals surface area contributed by atoms with Gasteiger partial charge < -0.3 is 28.4 Å². The summed E-state index contributed by atoms with van der Waals surface area (Å²) in [6.45, 7) is 3.93. The number of rotatable bonds is 15. The lowest BCUT2D eigenvalue weighted by Crippen LogP contribution is -2.63. The summed E-state index contributed by atoms with van der Waals surface area (Å²) in [5, 5.41) is 0. The quantitative estimate of drug-likeness (QED) is 0.137. The van der Waals surface area contributed by atoms with E-state index < -0.39 is 48.4 Å². The molecule has 8 nitrogen and oxygen atoms in total. The summed E-state index contributed by atoms with van der Waals surface area (Å²) < 4.78 is 37.7.